The molecule has 0 spiro atoms. The van der Waals surface area contributed by atoms with Crippen molar-refractivity contribution >= 4 is 38.6 Å². The molecule has 8 heteroatoms. The van der Waals surface area contributed by atoms with Crippen LogP contribution in [0.3, 0.4) is 0 Å². The molecule has 1 N–H and O–H groups in total. The standard InChI is InChI=1S/C9H10ClN3O2S2/c1-2-13-6-7(5-11-13)12-17(14,15)9-4-3-8(10)16-9/h3-6,12H,2H2,1H3. The fourth-order valence-corrected chi connectivity index (χ4v) is 3.75. The highest BCUT2D eigenvalue weighted by Gasteiger charge is 2.17. The van der Waals surface area contributed by atoms with Gasteiger partial charge in [-0.2, -0.15) is 5.10 Å². The Kier molecular flexibility index (Phi) is 3.41. The summed E-state index contributed by atoms with van der Waals surface area (Å²) in [7, 11) is -3.56. The Balaban J connectivity index is 2.23. The summed E-state index contributed by atoms with van der Waals surface area (Å²) >= 11 is 6.72. The number of hydrogen-bond donors (Lipinski definition) is 1. The van der Waals surface area contributed by atoms with Crippen LogP contribution >= 0.6 is 22.9 Å². The lowest BCUT2D eigenvalue weighted by molar-refractivity contribution is 0.603. The molecule has 0 radical (unpaired) electrons. The van der Waals surface area contributed by atoms with Gasteiger partial charge in [-0.1, -0.05) is 11.6 Å². The first-order valence-corrected chi connectivity index (χ1v) is 7.49. The predicted octanol–water partition coefficient (Wildman–Crippen LogP) is 2.42. The highest BCUT2D eigenvalue weighted by atomic mass is 35.5. The Bertz CT molecular complexity index is 618. The molecule has 0 saturated carbocycles. The SMILES string of the molecule is CCn1cc(NS(=O)(=O)c2ccc(Cl)s2)cn1. The van der Waals surface area contributed by atoms with Crippen LogP contribution in [0, 0.1) is 0 Å². The summed E-state index contributed by atoms with van der Waals surface area (Å²) in [5.41, 5.74) is 0.441. The molecule has 0 saturated heterocycles. The molecular formula is C9H10ClN3O2S2. The molecule has 0 aliphatic carbocycles. The maximum Gasteiger partial charge on any atom is 0.271 e. The van der Waals surface area contributed by atoms with Crippen molar-refractivity contribution in [2.45, 2.75) is 17.7 Å². The van der Waals surface area contributed by atoms with Crippen LogP contribution < -0.4 is 4.72 Å². The molecule has 0 aromatic carbocycles. The van der Waals surface area contributed by atoms with Gasteiger partial charge in [-0.25, -0.2) is 8.42 Å². The molecular weight excluding hydrogens is 282 g/mol. The Hall–Kier alpha value is -1.05. The topological polar surface area (TPSA) is 64.0 Å². The first kappa shape index (κ1) is 12.4. The lowest BCUT2D eigenvalue weighted by atomic mass is 10.6. The van der Waals surface area contributed by atoms with E-state index in [0.29, 0.717) is 16.6 Å². The van der Waals surface area contributed by atoms with Gasteiger partial charge in [-0.3, -0.25) is 9.40 Å². The number of hydrogen-bond acceptors (Lipinski definition) is 4. The van der Waals surface area contributed by atoms with Crippen LogP contribution in [0.1, 0.15) is 6.92 Å². The van der Waals surface area contributed by atoms with Crippen LogP contribution in [0.4, 0.5) is 5.69 Å². The predicted molar refractivity (Wildman–Crippen MR) is 68.0 cm³/mol. The highest BCUT2D eigenvalue weighted by molar-refractivity contribution is 7.94. The third-order valence-corrected chi connectivity index (χ3v) is 5.13. The summed E-state index contributed by atoms with van der Waals surface area (Å²) in [5.74, 6) is 0. The summed E-state index contributed by atoms with van der Waals surface area (Å²) in [6, 6.07) is 3.02. The summed E-state index contributed by atoms with van der Waals surface area (Å²) in [6.45, 7) is 2.61. The Morgan fingerprint density at radius 2 is 2.29 bits per heavy atom. The second-order valence-electron chi connectivity index (χ2n) is 3.25. The van der Waals surface area contributed by atoms with Crippen molar-refractivity contribution in [3.05, 3.63) is 28.9 Å². The molecule has 0 atom stereocenters. The zero-order chi connectivity index (χ0) is 12.5. The van der Waals surface area contributed by atoms with Crippen molar-refractivity contribution in [2.24, 2.45) is 0 Å². The van der Waals surface area contributed by atoms with Gasteiger partial charge < -0.3 is 0 Å². The molecule has 5 nitrogen and oxygen atoms in total. The van der Waals surface area contributed by atoms with E-state index in [2.05, 4.69) is 9.82 Å². The fraction of sp³-hybridized carbons (Fsp3) is 0.222. The molecule has 0 unspecified atom stereocenters. The zero-order valence-corrected chi connectivity index (χ0v) is 11.3. The summed E-state index contributed by atoms with van der Waals surface area (Å²) < 4.78 is 28.5. The molecule has 2 heterocycles. The van der Waals surface area contributed by atoms with E-state index >= 15 is 0 Å². The molecule has 0 bridgehead atoms. The lowest BCUT2D eigenvalue weighted by Crippen LogP contribution is -2.10. The van der Waals surface area contributed by atoms with Gasteiger partial charge in [0, 0.05) is 12.7 Å². The van der Waals surface area contributed by atoms with Gasteiger partial charge in [-0.15, -0.1) is 11.3 Å². The van der Waals surface area contributed by atoms with Crippen LogP contribution in [0.5, 0.6) is 0 Å². The van der Waals surface area contributed by atoms with Crippen molar-refractivity contribution in [3.8, 4) is 0 Å². The minimum Gasteiger partial charge on any atom is -0.276 e. The van der Waals surface area contributed by atoms with E-state index in [-0.39, 0.29) is 4.21 Å². The zero-order valence-electron chi connectivity index (χ0n) is 8.92. The number of halogens is 1. The van der Waals surface area contributed by atoms with Crippen molar-refractivity contribution in [3.63, 3.8) is 0 Å². The minimum atomic E-state index is -3.56. The van der Waals surface area contributed by atoms with Crippen LogP contribution in [-0.4, -0.2) is 18.2 Å². The number of aromatic nitrogens is 2. The van der Waals surface area contributed by atoms with Gasteiger partial charge >= 0.3 is 0 Å². The average molecular weight is 292 g/mol. The van der Waals surface area contributed by atoms with E-state index in [4.69, 9.17) is 11.6 Å². The molecule has 2 rings (SSSR count). The van der Waals surface area contributed by atoms with E-state index in [1.165, 1.54) is 12.3 Å². The quantitative estimate of drug-likeness (QED) is 0.941. The summed E-state index contributed by atoms with van der Waals surface area (Å²) in [4.78, 5) is 0. The largest absolute Gasteiger partial charge is 0.276 e. The number of nitrogens with one attached hydrogen (secondary N) is 1. The Labute approximate surface area is 108 Å². The Morgan fingerprint density at radius 3 is 2.82 bits per heavy atom. The van der Waals surface area contributed by atoms with Crippen molar-refractivity contribution in [2.75, 3.05) is 4.72 Å². The fourth-order valence-electron chi connectivity index (χ4n) is 1.24. The van der Waals surface area contributed by atoms with Gasteiger partial charge in [0.25, 0.3) is 10.0 Å². The number of aryl methyl sites for hydroxylation is 1. The Morgan fingerprint density at radius 1 is 1.53 bits per heavy atom. The maximum atomic E-state index is 11.9. The number of anilines is 1. The third-order valence-electron chi connectivity index (χ3n) is 2.02. The number of thiophene rings is 1. The van der Waals surface area contributed by atoms with Crippen LogP contribution in [0.2, 0.25) is 4.34 Å². The van der Waals surface area contributed by atoms with E-state index in [0.717, 1.165) is 11.3 Å². The summed E-state index contributed by atoms with van der Waals surface area (Å²) in [6.07, 6.45) is 3.10. The lowest BCUT2D eigenvalue weighted by Gasteiger charge is -2.02. The van der Waals surface area contributed by atoms with E-state index in [1.54, 1.807) is 16.9 Å². The van der Waals surface area contributed by atoms with Crippen molar-refractivity contribution < 1.29 is 8.42 Å². The van der Waals surface area contributed by atoms with E-state index < -0.39 is 10.0 Å². The van der Waals surface area contributed by atoms with Crippen molar-refractivity contribution in [1.29, 1.82) is 0 Å². The van der Waals surface area contributed by atoms with Crippen LogP contribution in [0.15, 0.2) is 28.7 Å². The molecule has 0 aliphatic rings. The highest BCUT2D eigenvalue weighted by Crippen LogP contribution is 2.26. The van der Waals surface area contributed by atoms with Gasteiger partial charge in [0.15, 0.2) is 0 Å². The van der Waals surface area contributed by atoms with Gasteiger partial charge in [0.2, 0.25) is 0 Å². The van der Waals surface area contributed by atoms with Gasteiger partial charge in [-0.05, 0) is 19.1 Å². The normalized spacial score (nSPS) is 11.6. The molecule has 0 amide bonds. The van der Waals surface area contributed by atoms with E-state index in [1.807, 2.05) is 6.92 Å². The number of sulfonamides is 1. The second kappa shape index (κ2) is 4.67. The van der Waals surface area contributed by atoms with Crippen LogP contribution in [0.25, 0.3) is 0 Å². The molecule has 92 valence electrons. The second-order valence-corrected chi connectivity index (χ2v) is 6.87. The number of rotatable bonds is 4. The average Bonchev–Trinajstić information content (AvgIpc) is 2.86. The molecule has 2 aromatic rings. The molecule has 2 aromatic heterocycles. The maximum absolute atomic E-state index is 11.9. The minimum absolute atomic E-state index is 0.187. The molecule has 17 heavy (non-hydrogen) atoms. The number of nitrogens with zero attached hydrogens (tertiary/aromatic N) is 2. The third kappa shape index (κ3) is 2.80. The van der Waals surface area contributed by atoms with E-state index in [9.17, 15) is 8.42 Å². The molecule has 0 fully saturated rings. The monoisotopic (exact) mass is 291 g/mol. The first-order valence-electron chi connectivity index (χ1n) is 4.82. The molecule has 0 aliphatic heterocycles. The summed E-state index contributed by atoms with van der Waals surface area (Å²) in [5, 5.41) is 3.98. The van der Waals surface area contributed by atoms with Crippen molar-refractivity contribution in [1.82, 2.24) is 9.78 Å². The first-order chi connectivity index (χ1) is 8.01. The van der Waals surface area contributed by atoms with Gasteiger partial charge in [0.05, 0.1) is 16.2 Å². The van der Waals surface area contributed by atoms with Crippen LogP contribution in [-0.2, 0) is 16.6 Å². The van der Waals surface area contributed by atoms with Gasteiger partial charge in [0.1, 0.15) is 4.21 Å². The smallest absolute Gasteiger partial charge is 0.271 e.